The molecular weight excluding hydrogens is 499 g/mol. The van der Waals surface area contributed by atoms with Crippen molar-refractivity contribution in [2.75, 3.05) is 20.8 Å². The number of ether oxygens (including phenoxy) is 2. The van der Waals surface area contributed by atoms with Crippen molar-refractivity contribution in [3.63, 3.8) is 0 Å². The molecule has 1 heterocycles. The Balaban J connectivity index is 0.000000252. The molecule has 3 N–H and O–H groups in total. The van der Waals surface area contributed by atoms with Crippen LogP contribution in [0.25, 0.3) is 0 Å². The smallest absolute Gasteiger partial charge is 0.122 e. The fourth-order valence-electron chi connectivity index (χ4n) is 4.98. The first kappa shape index (κ1) is 29.5. The lowest BCUT2D eigenvalue weighted by Gasteiger charge is -2.26. The Morgan fingerprint density at radius 2 is 1.49 bits per heavy atom. The van der Waals surface area contributed by atoms with Gasteiger partial charge in [-0.3, -0.25) is 0 Å². The first-order chi connectivity index (χ1) is 16.2. The van der Waals surface area contributed by atoms with Crippen molar-refractivity contribution in [3.05, 3.63) is 81.0 Å². The van der Waals surface area contributed by atoms with E-state index in [1.54, 1.807) is 14.2 Å². The number of fused-ring (bicyclic) bond motifs is 2. The molecule has 0 saturated carbocycles. The molecule has 0 radical (unpaired) electrons. The molecule has 0 saturated heterocycles. The summed E-state index contributed by atoms with van der Waals surface area (Å²) in [5.41, 5.74) is 11.5. The van der Waals surface area contributed by atoms with E-state index in [4.69, 9.17) is 15.2 Å². The van der Waals surface area contributed by atoms with Crippen LogP contribution in [-0.2, 0) is 32.1 Å². The van der Waals surface area contributed by atoms with Crippen molar-refractivity contribution in [3.8, 4) is 11.5 Å². The lowest BCUT2D eigenvalue weighted by molar-refractivity contribution is 0.397. The van der Waals surface area contributed by atoms with Gasteiger partial charge in [-0.1, -0.05) is 30.3 Å². The maximum absolute atomic E-state index is 5.90. The van der Waals surface area contributed by atoms with Gasteiger partial charge < -0.3 is 20.5 Å². The third-order valence-electron chi connectivity index (χ3n) is 6.74. The summed E-state index contributed by atoms with van der Waals surface area (Å²) >= 11 is 1.85. The van der Waals surface area contributed by atoms with E-state index in [-0.39, 0.29) is 24.8 Å². The normalized spacial score (nSPS) is 17.9. The molecule has 3 aromatic rings. The zero-order valence-electron chi connectivity index (χ0n) is 20.6. The largest absolute Gasteiger partial charge is 0.496 e. The lowest BCUT2D eigenvalue weighted by Crippen LogP contribution is -2.35. The molecule has 5 rings (SSSR count). The molecule has 2 atom stereocenters. The highest BCUT2D eigenvalue weighted by molar-refractivity contribution is 7.09. The number of hydrogen-bond acceptors (Lipinski definition) is 5. The molecular formula is C28H38Cl2N2O2S. The molecule has 2 aromatic carbocycles. The van der Waals surface area contributed by atoms with Gasteiger partial charge in [0.1, 0.15) is 11.5 Å². The second-order valence-corrected chi connectivity index (χ2v) is 9.95. The number of methoxy groups -OCH3 is 2. The van der Waals surface area contributed by atoms with E-state index < -0.39 is 0 Å². The number of nitrogens with one attached hydrogen (secondary N) is 1. The van der Waals surface area contributed by atoms with Gasteiger partial charge in [-0.15, -0.1) is 36.2 Å². The van der Waals surface area contributed by atoms with Crippen LogP contribution in [-0.4, -0.2) is 32.8 Å². The van der Waals surface area contributed by atoms with Gasteiger partial charge in [0.25, 0.3) is 0 Å². The fourth-order valence-corrected chi connectivity index (χ4v) is 5.69. The van der Waals surface area contributed by atoms with E-state index in [1.165, 1.54) is 33.6 Å². The fraction of sp³-hybridized carbons (Fsp3) is 0.429. The third kappa shape index (κ3) is 7.86. The van der Waals surface area contributed by atoms with E-state index in [1.807, 2.05) is 23.5 Å². The van der Waals surface area contributed by atoms with Crippen molar-refractivity contribution < 1.29 is 9.47 Å². The second-order valence-electron chi connectivity index (χ2n) is 8.92. The highest BCUT2D eigenvalue weighted by Gasteiger charge is 2.20. The van der Waals surface area contributed by atoms with Gasteiger partial charge in [0, 0.05) is 23.5 Å². The number of thiophene rings is 1. The Bertz CT molecular complexity index is 1030. The van der Waals surface area contributed by atoms with Gasteiger partial charge in [0.2, 0.25) is 0 Å². The van der Waals surface area contributed by atoms with E-state index >= 15 is 0 Å². The van der Waals surface area contributed by atoms with Crippen LogP contribution in [0.4, 0.5) is 0 Å². The van der Waals surface area contributed by atoms with Gasteiger partial charge >= 0.3 is 0 Å². The minimum atomic E-state index is 0. The van der Waals surface area contributed by atoms with E-state index in [9.17, 15) is 0 Å². The molecule has 0 aliphatic heterocycles. The van der Waals surface area contributed by atoms with Gasteiger partial charge in [-0.2, -0.15) is 0 Å². The summed E-state index contributed by atoms with van der Waals surface area (Å²) in [5, 5.41) is 5.86. The number of hydrogen-bond donors (Lipinski definition) is 2. The summed E-state index contributed by atoms with van der Waals surface area (Å²) in [4.78, 5) is 1.47. The minimum absolute atomic E-state index is 0. The predicted octanol–water partition coefficient (Wildman–Crippen LogP) is 5.80. The van der Waals surface area contributed by atoms with Crippen LogP contribution in [0.3, 0.4) is 0 Å². The molecule has 4 nitrogen and oxygen atoms in total. The van der Waals surface area contributed by atoms with Crippen LogP contribution in [0, 0.1) is 0 Å². The van der Waals surface area contributed by atoms with Crippen LogP contribution in [0.2, 0.25) is 0 Å². The Morgan fingerprint density at radius 3 is 2.09 bits per heavy atom. The Hall–Kier alpha value is -1.76. The molecule has 0 unspecified atom stereocenters. The van der Waals surface area contributed by atoms with Gasteiger partial charge in [-0.05, 0) is 90.8 Å². The van der Waals surface area contributed by atoms with Crippen LogP contribution < -0.4 is 20.5 Å². The minimum Gasteiger partial charge on any atom is -0.496 e. The van der Waals surface area contributed by atoms with Crippen LogP contribution in [0.1, 0.15) is 40.0 Å². The SMILES string of the molecule is COc1cccc2c1CC[C@H](N)C2.COc1cccc2c1CC[C@H](NCCc1cccs1)C2.Cl.Cl. The summed E-state index contributed by atoms with van der Waals surface area (Å²) in [5.74, 6) is 2.07. The highest BCUT2D eigenvalue weighted by Crippen LogP contribution is 2.30. The molecule has 0 spiro atoms. The van der Waals surface area contributed by atoms with Crippen molar-refractivity contribution in [1.29, 1.82) is 0 Å². The molecule has 2 aliphatic rings. The topological polar surface area (TPSA) is 56.5 Å². The lowest BCUT2D eigenvalue weighted by atomic mass is 9.87. The van der Waals surface area contributed by atoms with Crippen LogP contribution in [0.5, 0.6) is 11.5 Å². The zero-order chi connectivity index (χ0) is 23.0. The molecule has 0 fully saturated rings. The van der Waals surface area contributed by atoms with Gasteiger partial charge in [0.15, 0.2) is 0 Å². The van der Waals surface area contributed by atoms with E-state index in [2.05, 4.69) is 47.1 Å². The van der Waals surface area contributed by atoms with Crippen molar-refractivity contribution >= 4 is 36.2 Å². The number of halogens is 2. The number of benzene rings is 2. The Morgan fingerprint density at radius 1 is 0.857 bits per heavy atom. The van der Waals surface area contributed by atoms with Crippen molar-refractivity contribution in [1.82, 2.24) is 5.32 Å². The number of rotatable bonds is 6. The summed E-state index contributed by atoms with van der Waals surface area (Å²) in [6.07, 6.45) is 7.71. The maximum atomic E-state index is 5.90. The maximum Gasteiger partial charge on any atom is 0.122 e. The molecule has 0 amide bonds. The Kier molecular flexibility index (Phi) is 12.4. The molecule has 7 heteroatoms. The molecule has 35 heavy (non-hydrogen) atoms. The molecule has 2 aliphatic carbocycles. The summed E-state index contributed by atoms with van der Waals surface area (Å²) in [6, 6.07) is 17.9. The summed E-state index contributed by atoms with van der Waals surface area (Å²) in [7, 11) is 3.49. The average molecular weight is 538 g/mol. The highest BCUT2D eigenvalue weighted by atomic mass is 35.5. The van der Waals surface area contributed by atoms with Gasteiger partial charge in [-0.25, -0.2) is 0 Å². The first-order valence-electron chi connectivity index (χ1n) is 12.0. The molecule has 192 valence electrons. The molecule has 1 aromatic heterocycles. The van der Waals surface area contributed by atoms with Crippen molar-refractivity contribution in [2.24, 2.45) is 5.73 Å². The van der Waals surface area contributed by atoms with E-state index in [0.29, 0.717) is 12.1 Å². The summed E-state index contributed by atoms with van der Waals surface area (Å²) in [6.45, 7) is 1.07. The zero-order valence-corrected chi connectivity index (χ0v) is 23.1. The monoisotopic (exact) mass is 536 g/mol. The predicted molar refractivity (Wildman–Crippen MR) is 152 cm³/mol. The third-order valence-corrected chi connectivity index (χ3v) is 7.68. The van der Waals surface area contributed by atoms with Crippen LogP contribution >= 0.6 is 36.2 Å². The first-order valence-corrected chi connectivity index (χ1v) is 12.9. The second kappa shape index (κ2) is 14.7. The average Bonchev–Trinajstić information content (AvgIpc) is 3.37. The van der Waals surface area contributed by atoms with Crippen molar-refractivity contribution in [2.45, 2.75) is 57.0 Å². The van der Waals surface area contributed by atoms with Gasteiger partial charge in [0.05, 0.1) is 14.2 Å². The number of nitrogens with two attached hydrogens (primary N) is 1. The van der Waals surface area contributed by atoms with E-state index in [0.717, 1.165) is 56.6 Å². The van der Waals surface area contributed by atoms with Crippen LogP contribution in [0.15, 0.2) is 53.9 Å². The quantitative estimate of drug-likeness (QED) is 0.417. The Labute approximate surface area is 226 Å². The standard InChI is InChI=1S/C17H21NOS.C11H15NO.2ClH/c1-19-17-6-2-4-13-12-14(7-8-16(13)17)18-10-9-15-5-3-11-20-15;1-13-11-4-2-3-8-7-9(12)5-6-10(8)11;;/h2-6,11,14,18H,7-10,12H2,1H3;2-4,9H,5-7,12H2,1H3;2*1H/t14-;9-;;/m00../s1. The summed E-state index contributed by atoms with van der Waals surface area (Å²) < 4.78 is 10.8. The molecule has 0 bridgehead atoms.